The van der Waals surface area contributed by atoms with Crippen LogP contribution in [0.1, 0.15) is 20.8 Å². The Kier molecular flexibility index (Phi) is 2.34. The van der Waals surface area contributed by atoms with E-state index in [1.54, 1.807) is 6.92 Å². The second-order valence-corrected chi connectivity index (χ2v) is 1.60. The van der Waals surface area contributed by atoms with Crippen molar-refractivity contribution in [2.45, 2.75) is 20.8 Å². The van der Waals surface area contributed by atoms with Gasteiger partial charge in [0.1, 0.15) is 0 Å². The SMILES string of the molecule is C/C=C(/C)C(C)=N. The average Bonchev–Trinajstić information content (AvgIpc) is 1.65. The number of nitrogens with one attached hydrogen (secondary N) is 1. The van der Waals surface area contributed by atoms with E-state index in [4.69, 9.17) is 5.41 Å². The fourth-order valence-corrected chi connectivity index (χ4v) is 0.217. The summed E-state index contributed by atoms with van der Waals surface area (Å²) in [4.78, 5) is 0. The molecule has 0 saturated heterocycles. The van der Waals surface area contributed by atoms with Crippen molar-refractivity contribution in [3.8, 4) is 0 Å². The fourth-order valence-electron chi connectivity index (χ4n) is 0.217. The first-order valence-corrected chi connectivity index (χ1v) is 2.37. The van der Waals surface area contributed by atoms with E-state index in [1.807, 2.05) is 19.9 Å². The molecule has 0 aromatic carbocycles. The summed E-state index contributed by atoms with van der Waals surface area (Å²) >= 11 is 0. The minimum Gasteiger partial charge on any atom is -0.305 e. The molecule has 0 aromatic heterocycles. The molecule has 0 aliphatic heterocycles. The summed E-state index contributed by atoms with van der Waals surface area (Å²) in [7, 11) is 0. The Balaban J connectivity index is 3.82. The van der Waals surface area contributed by atoms with Gasteiger partial charge in [-0.15, -0.1) is 0 Å². The number of allylic oxidation sites excluding steroid dienone is 2. The van der Waals surface area contributed by atoms with Gasteiger partial charge in [0.15, 0.2) is 0 Å². The molecular weight excluding hydrogens is 86.1 g/mol. The number of hydrogen-bond donors (Lipinski definition) is 1. The van der Waals surface area contributed by atoms with Crippen molar-refractivity contribution in [1.82, 2.24) is 0 Å². The molecule has 0 spiro atoms. The summed E-state index contributed by atoms with van der Waals surface area (Å²) in [5.41, 5.74) is 1.71. The Morgan fingerprint density at radius 3 is 1.86 bits per heavy atom. The van der Waals surface area contributed by atoms with Crippen LogP contribution in [0.25, 0.3) is 0 Å². The molecule has 0 rings (SSSR count). The highest BCUT2D eigenvalue weighted by atomic mass is 14.4. The van der Waals surface area contributed by atoms with Gasteiger partial charge in [0.25, 0.3) is 0 Å². The lowest BCUT2D eigenvalue weighted by atomic mass is 10.2. The van der Waals surface area contributed by atoms with Crippen LogP contribution >= 0.6 is 0 Å². The van der Waals surface area contributed by atoms with E-state index in [9.17, 15) is 0 Å². The predicted molar refractivity (Wildman–Crippen MR) is 32.8 cm³/mol. The van der Waals surface area contributed by atoms with Gasteiger partial charge in [0, 0.05) is 5.71 Å². The molecule has 0 atom stereocenters. The lowest BCUT2D eigenvalue weighted by molar-refractivity contribution is 1.40. The summed E-state index contributed by atoms with van der Waals surface area (Å²) < 4.78 is 0. The van der Waals surface area contributed by atoms with E-state index in [0.717, 1.165) is 5.57 Å². The van der Waals surface area contributed by atoms with Crippen molar-refractivity contribution < 1.29 is 0 Å². The molecule has 1 N–H and O–H groups in total. The molecule has 0 aliphatic rings. The van der Waals surface area contributed by atoms with Gasteiger partial charge in [-0.05, 0) is 26.3 Å². The molecule has 1 heteroatoms. The van der Waals surface area contributed by atoms with E-state index in [0.29, 0.717) is 5.71 Å². The normalized spacial score (nSPS) is 11.6. The zero-order valence-electron chi connectivity index (χ0n) is 5.08. The van der Waals surface area contributed by atoms with Gasteiger partial charge in [-0.2, -0.15) is 0 Å². The molecule has 1 nitrogen and oxygen atoms in total. The predicted octanol–water partition coefficient (Wildman–Crippen LogP) is 1.99. The molecule has 0 amide bonds. The lowest BCUT2D eigenvalue weighted by Crippen LogP contribution is -1.87. The second kappa shape index (κ2) is 2.56. The molecule has 40 valence electrons. The first kappa shape index (κ1) is 6.41. The average molecular weight is 97.2 g/mol. The maximum Gasteiger partial charge on any atom is 0.0308 e. The highest BCUT2D eigenvalue weighted by molar-refractivity contribution is 5.94. The lowest BCUT2D eigenvalue weighted by Gasteiger charge is -1.89. The van der Waals surface area contributed by atoms with Crippen LogP contribution in [0.15, 0.2) is 11.6 Å². The first-order chi connectivity index (χ1) is 3.18. The Hall–Kier alpha value is -0.590. The largest absolute Gasteiger partial charge is 0.305 e. The van der Waals surface area contributed by atoms with Gasteiger partial charge >= 0.3 is 0 Å². The van der Waals surface area contributed by atoms with Crippen molar-refractivity contribution in [3.63, 3.8) is 0 Å². The molecule has 7 heavy (non-hydrogen) atoms. The molecule has 0 unspecified atom stereocenters. The molecule has 0 fully saturated rings. The Bertz CT molecular complexity index is 101. The molecule has 0 aliphatic carbocycles. The molecule has 0 aromatic rings. The summed E-state index contributed by atoms with van der Waals surface area (Å²) in [6, 6.07) is 0. The van der Waals surface area contributed by atoms with Crippen LogP contribution in [0.4, 0.5) is 0 Å². The highest BCUT2D eigenvalue weighted by Crippen LogP contribution is 1.90. The molecule has 0 radical (unpaired) electrons. The number of rotatable bonds is 1. The summed E-state index contributed by atoms with van der Waals surface area (Å²) in [6.45, 7) is 5.66. The molecular formula is C6H11N. The van der Waals surface area contributed by atoms with Crippen LogP contribution in [0.3, 0.4) is 0 Å². The third-order valence-electron chi connectivity index (χ3n) is 1.02. The highest BCUT2D eigenvalue weighted by Gasteiger charge is 1.84. The molecule has 0 bridgehead atoms. The van der Waals surface area contributed by atoms with Gasteiger partial charge in [0.05, 0.1) is 0 Å². The minimum absolute atomic E-state index is 0.655. The Morgan fingerprint density at radius 1 is 1.43 bits per heavy atom. The maximum absolute atomic E-state index is 7.03. The molecule has 0 saturated carbocycles. The molecule has 0 heterocycles. The third kappa shape index (κ3) is 2.15. The van der Waals surface area contributed by atoms with Gasteiger partial charge in [-0.1, -0.05) is 6.08 Å². The van der Waals surface area contributed by atoms with Crippen molar-refractivity contribution in [2.75, 3.05) is 0 Å². The van der Waals surface area contributed by atoms with Gasteiger partial charge < -0.3 is 5.41 Å². The van der Waals surface area contributed by atoms with Crippen molar-refractivity contribution >= 4 is 5.71 Å². The summed E-state index contributed by atoms with van der Waals surface area (Å²) in [6.07, 6.45) is 1.93. The van der Waals surface area contributed by atoms with E-state index >= 15 is 0 Å². The van der Waals surface area contributed by atoms with E-state index in [1.165, 1.54) is 0 Å². The zero-order valence-corrected chi connectivity index (χ0v) is 5.08. The second-order valence-electron chi connectivity index (χ2n) is 1.60. The van der Waals surface area contributed by atoms with E-state index < -0.39 is 0 Å². The van der Waals surface area contributed by atoms with E-state index in [-0.39, 0.29) is 0 Å². The summed E-state index contributed by atoms with van der Waals surface area (Å²) in [5, 5.41) is 7.03. The van der Waals surface area contributed by atoms with Gasteiger partial charge in [-0.3, -0.25) is 0 Å². The smallest absolute Gasteiger partial charge is 0.0308 e. The maximum atomic E-state index is 7.03. The van der Waals surface area contributed by atoms with Crippen LogP contribution in [0.5, 0.6) is 0 Å². The number of hydrogen-bond acceptors (Lipinski definition) is 1. The van der Waals surface area contributed by atoms with Crippen molar-refractivity contribution in [1.29, 1.82) is 5.41 Å². The summed E-state index contributed by atoms with van der Waals surface area (Å²) in [5.74, 6) is 0. The van der Waals surface area contributed by atoms with Gasteiger partial charge in [0.2, 0.25) is 0 Å². The van der Waals surface area contributed by atoms with Crippen LogP contribution < -0.4 is 0 Å². The first-order valence-electron chi connectivity index (χ1n) is 2.37. The van der Waals surface area contributed by atoms with Gasteiger partial charge in [-0.25, -0.2) is 0 Å². The van der Waals surface area contributed by atoms with Crippen molar-refractivity contribution in [3.05, 3.63) is 11.6 Å². The standard InChI is InChI=1S/C6H11N/c1-4-5(2)6(3)7/h4,7H,1-3H3/b5-4-,7-6?. The monoisotopic (exact) mass is 97.1 g/mol. The quantitative estimate of drug-likeness (QED) is 0.484. The zero-order chi connectivity index (χ0) is 5.86. The third-order valence-corrected chi connectivity index (χ3v) is 1.02. The van der Waals surface area contributed by atoms with Crippen LogP contribution in [0.2, 0.25) is 0 Å². The Morgan fingerprint density at radius 2 is 1.86 bits per heavy atom. The fraction of sp³-hybridized carbons (Fsp3) is 0.500. The van der Waals surface area contributed by atoms with Crippen LogP contribution in [-0.2, 0) is 0 Å². The van der Waals surface area contributed by atoms with E-state index in [2.05, 4.69) is 0 Å². The topological polar surface area (TPSA) is 23.9 Å². The van der Waals surface area contributed by atoms with Crippen LogP contribution in [-0.4, -0.2) is 5.71 Å². The minimum atomic E-state index is 0.655. The van der Waals surface area contributed by atoms with Crippen LogP contribution in [0, 0.1) is 5.41 Å². The Labute approximate surface area is 44.6 Å². The van der Waals surface area contributed by atoms with Crippen molar-refractivity contribution in [2.24, 2.45) is 0 Å².